The zero-order valence-corrected chi connectivity index (χ0v) is 24.3. The molecule has 5 aromatic rings. The first-order valence-corrected chi connectivity index (χ1v) is 14.7. The molecule has 0 N–H and O–H groups in total. The molecule has 42 heavy (non-hydrogen) atoms. The zero-order chi connectivity index (χ0) is 29.2. The third kappa shape index (κ3) is 5.84. The molecule has 0 amide bonds. The quantitative estimate of drug-likeness (QED) is 0.161. The first-order chi connectivity index (χ1) is 20.4. The van der Waals surface area contributed by atoms with E-state index in [0.29, 0.717) is 54.4 Å². The Kier molecular flexibility index (Phi) is 7.87. The molecule has 0 saturated carbocycles. The van der Waals surface area contributed by atoms with Crippen LogP contribution >= 0.6 is 11.3 Å². The van der Waals surface area contributed by atoms with Gasteiger partial charge in [0.15, 0.2) is 5.78 Å². The molecule has 4 aromatic carbocycles. The van der Waals surface area contributed by atoms with E-state index >= 15 is 0 Å². The standard InChI is InChI=1S/C35H30FNO4S/c1-22-16-26(36)17-23(2)32(22)34(39)35-33(25-8-10-28(11-9-25)40-15-14-37-19-27(38)20-37)30-13-12-29(18-31(30)42-35)41-21-24-6-4-3-5-7-24/h3-13,16-18H,14-15,19-21H2,1-2H3. The number of halogens is 1. The lowest BCUT2D eigenvalue weighted by Crippen LogP contribution is -2.48. The van der Waals surface area contributed by atoms with Crippen molar-refractivity contribution in [3.8, 4) is 22.6 Å². The molecular weight excluding hydrogens is 549 g/mol. The fourth-order valence-corrected chi connectivity index (χ4v) is 6.56. The van der Waals surface area contributed by atoms with Crippen molar-refractivity contribution in [3.05, 3.63) is 118 Å². The van der Waals surface area contributed by atoms with Crippen LogP contribution in [0.15, 0.2) is 84.9 Å². The highest BCUT2D eigenvalue weighted by atomic mass is 32.1. The van der Waals surface area contributed by atoms with Gasteiger partial charge < -0.3 is 9.47 Å². The van der Waals surface area contributed by atoms with Gasteiger partial charge in [-0.25, -0.2) is 4.39 Å². The first-order valence-electron chi connectivity index (χ1n) is 13.9. The minimum Gasteiger partial charge on any atom is -0.492 e. The Morgan fingerprint density at radius 2 is 1.57 bits per heavy atom. The van der Waals surface area contributed by atoms with E-state index in [-0.39, 0.29) is 17.4 Å². The van der Waals surface area contributed by atoms with E-state index in [1.807, 2.05) is 77.7 Å². The Bertz CT molecular complexity index is 1750. The molecule has 0 aliphatic carbocycles. The molecule has 0 spiro atoms. The summed E-state index contributed by atoms with van der Waals surface area (Å²) < 4.78 is 27.0. The van der Waals surface area contributed by atoms with Gasteiger partial charge in [-0.15, -0.1) is 11.3 Å². The number of fused-ring (bicyclic) bond motifs is 1. The second kappa shape index (κ2) is 11.9. The second-order valence-corrected chi connectivity index (χ2v) is 11.7. The summed E-state index contributed by atoms with van der Waals surface area (Å²) in [7, 11) is 0. The lowest BCUT2D eigenvalue weighted by molar-refractivity contribution is -0.129. The summed E-state index contributed by atoms with van der Waals surface area (Å²) in [6, 6.07) is 26.4. The minimum absolute atomic E-state index is 0.127. The molecule has 0 unspecified atom stereocenters. The molecule has 1 fully saturated rings. The van der Waals surface area contributed by atoms with Crippen molar-refractivity contribution < 1.29 is 23.5 Å². The Hall–Kier alpha value is -4.33. The van der Waals surface area contributed by atoms with Crippen LogP contribution in [0.2, 0.25) is 0 Å². The number of carbonyl (C=O) groups excluding carboxylic acids is 2. The van der Waals surface area contributed by atoms with Gasteiger partial charge in [0, 0.05) is 27.8 Å². The number of likely N-dealkylation sites (tertiary alicyclic amines) is 1. The number of thiophene rings is 1. The first kappa shape index (κ1) is 27.8. The molecule has 5 nitrogen and oxygen atoms in total. The smallest absolute Gasteiger partial charge is 0.204 e. The lowest BCUT2D eigenvalue weighted by Gasteiger charge is -2.28. The van der Waals surface area contributed by atoms with E-state index in [4.69, 9.17) is 9.47 Å². The molecule has 0 bridgehead atoms. The van der Waals surface area contributed by atoms with Gasteiger partial charge in [-0.3, -0.25) is 14.5 Å². The lowest BCUT2D eigenvalue weighted by atomic mass is 9.94. The van der Waals surface area contributed by atoms with Gasteiger partial charge in [0.25, 0.3) is 0 Å². The number of nitrogens with zero attached hydrogens (tertiary/aromatic N) is 1. The van der Waals surface area contributed by atoms with Crippen molar-refractivity contribution in [2.24, 2.45) is 0 Å². The minimum atomic E-state index is -0.352. The third-order valence-electron chi connectivity index (χ3n) is 7.46. The van der Waals surface area contributed by atoms with Gasteiger partial charge >= 0.3 is 0 Å². The fourth-order valence-electron chi connectivity index (χ4n) is 5.36. The number of Topliss-reactive ketones (excluding diaryl/α,β-unsaturated/α-hetero) is 1. The molecule has 0 radical (unpaired) electrons. The summed E-state index contributed by atoms with van der Waals surface area (Å²) in [4.78, 5) is 27.9. The van der Waals surface area contributed by atoms with Gasteiger partial charge in [0.1, 0.15) is 30.5 Å². The maximum Gasteiger partial charge on any atom is 0.204 e. The molecule has 1 aliphatic heterocycles. The molecule has 212 valence electrons. The van der Waals surface area contributed by atoms with E-state index in [9.17, 15) is 14.0 Å². The summed E-state index contributed by atoms with van der Waals surface area (Å²) >= 11 is 1.42. The molecule has 0 atom stereocenters. The van der Waals surface area contributed by atoms with Gasteiger partial charge in [-0.2, -0.15) is 0 Å². The number of carbonyl (C=O) groups is 2. The number of benzene rings is 4. The monoisotopic (exact) mass is 579 g/mol. The van der Waals surface area contributed by atoms with Crippen LogP contribution in [-0.2, 0) is 11.4 Å². The molecular formula is C35H30FNO4S. The maximum atomic E-state index is 14.1. The number of hydrogen-bond donors (Lipinski definition) is 0. The topological polar surface area (TPSA) is 55.8 Å². The summed E-state index contributed by atoms with van der Waals surface area (Å²) in [5, 5.41) is 0.948. The van der Waals surface area contributed by atoms with Crippen molar-refractivity contribution in [3.63, 3.8) is 0 Å². The predicted octanol–water partition coefficient (Wildman–Crippen LogP) is 7.40. The number of ketones is 2. The average Bonchev–Trinajstić information content (AvgIpc) is 3.34. The summed E-state index contributed by atoms with van der Waals surface area (Å²) in [6.45, 7) is 6.17. The third-order valence-corrected chi connectivity index (χ3v) is 8.61. The second-order valence-electron chi connectivity index (χ2n) is 10.6. The van der Waals surface area contributed by atoms with Gasteiger partial charge in [0.05, 0.1) is 18.0 Å². The van der Waals surface area contributed by atoms with Crippen molar-refractivity contribution in [1.29, 1.82) is 0 Å². The van der Waals surface area contributed by atoms with E-state index in [2.05, 4.69) is 0 Å². The van der Waals surface area contributed by atoms with Crippen LogP contribution < -0.4 is 9.47 Å². The van der Waals surface area contributed by atoms with Gasteiger partial charge in [-0.05, 0) is 78.6 Å². The number of aryl methyl sites for hydroxylation is 2. The number of ether oxygens (including phenoxy) is 2. The highest BCUT2D eigenvalue weighted by Gasteiger charge is 2.25. The largest absolute Gasteiger partial charge is 0.492 e. The van der Waals surface area contributed by atoms with E-state index in [0.717, 1.165) is 38.3 Å². The summed E-state index contributed by atoms with van der Waals surface area (Å²) in [5.41, 5.74) is 4.54. The van der Waals surface area contributed by atoms with Crippen LogP contribution in [0.4, 0.5) is 4.39 Å². The van der Waals surface area contributed by atoms with Gasteiger partial charge in [0.2, 0.25) is 5.78 Å². The van der Waals surface area contributed by atoms with Crippen LogP contribution in [-0.4, -0.2) is 42.7 Å². The van der Waals surface area contributed by atoms with Crippen molar-refractivity contribution in [2.75, 3.05) is 26.2 Å². The van der Waals surface area contributed by atoms with E-state index in [1.165, 1.54) is 23.5 Å². The number of rotatable bonds is 10. The van der Waals surface area contributed by atoms with Crippen molar-refractivity contribution in [1.82, 2.24) is 4.90 Å². The van der Waals surface area contributed by atoms with Crippen LogP contribution in [0.1, 0.15) is 31.9 Å². The molecule has 6 rings (SSSR count). The van der Waals surface area contributed by atoms with E-state index < -0.39 is 0 Å². The Labute approximate surface area is 248 Å². The fraction of sp³-hybridized carbons (Fsp3) is 0.200. The molecule has 7 heteroatoms. The Balaban J connectivity index is 1.33. The van der Waals surface area contributed by atoms with E-state index in [1.54, 1.807) is 13.8 Å². The van der Waals surface area contributed by atoms with Crippen LogP contribution in [0.25, 0.3) is 21.2 Å². The summed E-state index contributed by atoms with van der Waals surface area (Å²) in [5.74, 6) is 1.22. The van der Waals surface area contributed by atoms with Gasteiger partial charge in [-0.1, -0.05) is 42.5 Å². The predicted molar refractivity (Wildman–Crippen MR) is 164 cm³/mol. The molecule has 2 heterocycles. The van der Waals surface area contributed by atoms with Crippen LogP contribution in [0, 0.1) is 19.7 Å². The van der Waals surface area contributed by atoms with Crippen molar-refractivity contribution in [2.45, 2.75) is 20.5 Å². The average molecular weight is 580 g/mol. The maximum absolute atomic E-state index is 14.1. The highest BCUT2D eigenvalue weighted by molar-refractivity contribution is 7.21. The zero-order valence-electron chi connectivity index (χ0n) is 23.5. The normalized spacial score (nSPS) is 13.3. The van der Waals surface area contributed by atoms with Crippen molar-refractivity contribution >= 4 is 33.0 Å². The molecule has 1 aliphatic rings. The van der Waals surface area contributed by atoms with Crippen LogP contribution in [0.3, 0.4) is 0 Å². The number of hydrogen-bond acceptors (Lipinski definition) is 6. The SMILES string of the molecule is Cc1cc(F)cc(C)c1C(=O)c1sc2cc(OCc3ccccc3)ccc2c1-c1ccc(OCCN2CC(=O)C2)cc1. The molecule has 1 saturated heterocycles. The van der Waals surface area contributed by atoms with Crippen LogP contribution in [0.5, 0.6) is 11.5 Å². The Morgan fingerprint density at radius 1 is 0.881 bits per heavy atom. The highest BCUT2D eigenvalue weighted by Crippen LogP contribution is 2.42. The molecule has 1 aromatic heterocycles. The summed E-state index contributed by atoms with van der Waals surface area (Å²) in [6.07, 6.45) is 0. The Morgan fingerprint density at radius 3 is 2.26 bits per heavy atom.